The third kappa shape index (κ3) is 4.20. The molecule has 0 unspecified atom stereocenters. The van der Waals surface area contributed by atoms with Gasteiger partial charge in [0.2, 0.25) is 11.8 Å². The molecule has 2 aliphatic rings. The number of piperidine rings is 2. The van der Waals surface area contributed by atoms with Crippen LogP contribution >= 0.6 is 0 Å². The van der Waals surface area contributed by atoms with Gasteiger partial charge in [-0.2, -0.15) is 0 Å². The van der Waals surface area contributed by atoms with Gasteiger partial charge in [0.1, 0.15) is 0 Å². The fraction of sp³-hybridized carbons (Fsp3) is 0.867. The summed E-state index contributed by atoms with van der Waals surface area (Å²) in [6.07, 6.45) is 5.58. The van der Waals surface area contributed by atoms with E-state index in [2.05, 4.69) is 5.32 Å². The predicted octanol–water partition coefficient (Wildman–Crippen LogP) is 0.847. The summed E-state index contributed by atoms with van der Waals surface area (Å²) in [7, 11) is 1.87. The molecule has 5 nitrogen and oxygen atoms in total. The van der Waals surface area contributed by atoms with E-state index in [0.29, 0.717) is 18.2 Å². The summed E-state index contributed by atoms with van der Waals surface area (Å²) in [5.41, 5.74) is 0. The van der Waals surface area contributed by atoms with E-state index in [9.17, 15) is 9.59 Å². The standard InChI is InChI=1S/C15H27N3O2/c1-16-8-5-15(20)17-10-6-13(7-11-17)12-18-9-3-2-4-14(18)19/h13,16H,2-12H2,1H3. The van der Waals surface area contributed by atoms with Crippen LogP contribution in [0.1, 0.15) is 38.5 Å². The summed E-state index contributed by atoms with van der Waals surface area (Å²) in [4.78, 5) is 27.8. The van der Waals surface area contributed by atoms with Gasteiger partial charge in [0.25, 0.3) is 0 Å². The average molecular weight is 281 g/mol. The van der Waals surface area contributed by atoms with Gasteiger partial charge in [-0.05, 0) is 38.6 Å². The topological polar surface area (TPSA) is 52.7 Å². The Hall–Kier alpha value is -1.10. The van der Waals surface area contributed by atoms with Crippen LogP contribution in [0.4, 0.5) is 0 Å². The minimum atomic E-state index is 0.256. The van der Waals surface area contributed by atoms with Crippen LogP contribution in [0.5, 0.6) is 0 Å². The first-order valence-corrected chi connectivity index (χ1v) is 7.91. The molecule has 1 N–H and O–H groups in total. The van der Waals surface area contributed by atoms with E-state index < -0.39 is 0 Å². The molecule has 2 aliphatic heterocycles. The molecule has 2 amide bonds. The highest BCUT2D eigenvalue weighted by molar-refractivity contribution is 5.77. The van der Waals surface area contributed by atoms with Crippen molar-refractivity contribution >= 4 is 11.8 Å². The zero-order valence-electron chi connectivity index (χ0n) is 12.6. The van der Waals surface area contributed by atoms with Crippen molar-refractivity contribution in [1.29, 1.82) is 0 Å². The molecule has 114 valence electrons. The monoisotopic (exact) mass is 281 g/mol. The van der Waals surface area contributed by atoms with Crippen LogP contribution in [0.3, 0.4) is 0 Å². The maximum absolute atomic E-state index is 11.9. The van der Waals surface area contributed by atoms with Gasteiger partial charge in [0, 0.05) is 45.6 Å². The quantitative estimate of drug-likeness (QED) is 0.813. The number of hydrogen-bond acceptors (Lipinski definition) is 3. The minimum absolute atomic E-state index is 0.256. The second kappa shape index (κ2) is 7.62. The summed E-state index contributed by atoms with van der Waals surface area (Å²) in [5.74, 6) is 1.15. The molecule has 5 heteroatoms. The largest absolute Gasteiger partial charge is 0.343 e. The maximum atomic E-state index is 11.9. The van der Waals surface area contributed by atoms with E-state index in [4.69, 9.17) is 0 Å². The summed E-state index contributed by atoms with van der Waals surface area (Å²) in [5, 5.41) is 3.01. The molecule has 2 fully saturated rings. The Labute approximate surface area is 121 Å². The van der Waals surface area contributed by atoms with Gasteiger partial charge < -0.3 is 15.1 Å². The molecule has 0 aliphatic carbocycles. The van der Waals surface area contributed by atoms with Gasteiger partial charge in [-0.3, -0.25) is 9.59 Å². The summed E-state index contributed by atoms with van der Waals surface area (Å²) >= 11 is 0. The van der Waals surface area contributed by atoms with Crippen LogP contribution in [0.2, 0.25) is 0 Å². The second-order valence-electron chi connectivity index (χ2n) is 5.97. The molecule has 20 heavy (non-hydrogen) atoms. The zero-order valence-corrected chi connectivity index (χ0v) is 12.6. The first kappa shape index (κ1) is 15.3. The van der Waals surface area contributed by atoms with Crippen molar-refractivity contribution in [3.8, 4) is 0 Å². The number of amides is 2. The van der Waals surface area contributed by atoms with Crippen LogP contribution in [0.15, 0.2) is 0 Å². The highest BCUT2D eigenvalue weighted by atomic mass is 16.2. The Kier molecular flexibility index (Phi) is 5.83. The van der Waals surface area contributed by atoms with E-state index in [0.717, 1.165) is 64.8 Å². The van der Waals surface area contributed by atoms with Crippen molar-refractivity contribution in [2.75, 3.05) is 39.8 Å². The van der Waals surface area contributed by atoms with Gasteiger partial charge in [-0.15, -0.1) is 0 Å². The second-order valence-corrected chi connectivity index (χ2v) is 5.97. The Bertz CT molecular complexity index is 338. The molecule has 2 saturated heterocycles. The highest BCUT2D eigenvalue weighted by Gasteiger charge is 2.26. The van der Waals surface area contributed by atoms with E-state index >= 15 is 0 Å². The molecular formula is C15H27N3O2. The predicted molar refractivity (Wildman–Crippen MR) is 78.3 cm³/mol. The van der Waals surface area contributed by atoms with Crippen molar-refractivity contribution < 1.29 is 9.59 Å². The number of nitrogens with zero attached hydrogens (tertiary/aromatic N) is 2. The summed E-state index contributed by atoms with van der Waals surface area (Å²) in [6.45, 7) is 4.29. The molecular weight excluding hydrogens is 254 g/mol. The van der Waals surface area contributed by atoms with Crippen LogP contribution in [-0.2, 0) is 9.59 Å². The fourth-order valence-corrected chi connectivity index (χ4v) is 3.12. The number of carbonyl (C=O) groups excluding carboxylic acids is 2. The van der Waals surface area contributed by atoms with Gasteiger partial charge in [0.15, 0.2) is 0 Å². The Morgan fingerprint density at radius 1 is 1.25 bits per heavy atom. The van der Waals surface area contributed by atoms with E-state index in [1.807, 2.05) is 16.8 Å². The number of rotatable bonds is 5. The third-order valence-electron chi connectivity index (χ3n) is 4.46. The zero-order chi connectivity index (χ0) is 14.4. The molecule has 0 atom stereocenters. The normalized spacial score (nSPS) is 21.4. The smallest absolute Gasteiger partial charge is 0.223 e. The Morgan fingerprint density at radius 2 is 2.00 bits per heavy atom. The van der Waals surface area contributed by atoms with Crippen LogP contribution in [-0.4, -0.2) is 61.4 Å². The van der Waals surface area contributed by atoms with Gasteiger partial charge >= 0.3 is 0 Å². The molecule has 0 radical (unpaired) electrons. The molecule has 0 aromatic heterocycles. The van der Waals surface area contributed by atoms with E-state index in [-0.39, 0.29) is 5.91 Å². The van der Waals surface area contributed by atoms with Crippen molar-refractivity contribution in [3.63, 3.8) is 0 Å². The van der Waals surface area contributed by atoms with Crippen molar-refractivity contribution in [1.82, 2.24) is 15.1 Å². The lowest BCUT2D eigenvalue weighted by Gasteiger charge is -2.36. The first-order chi connectivity index (χ1) is 9.70. The average Bonchev–Trinajstić information content (AvgIpc) is 2.48. The molecule has 0 bridgehead atoms. The molecule has 2 rings (SSSR count). The maximum Gasteiger partial charge on any atom is 0.223 e. The highest BCUT2D eigenvalue weighted by Crippen LogP contribution is 2.21. The van der Waals surface area contributed by atoms with Gasteiger partial charge in [0.05, 0.1) is 0 Å². The third-order valence-corrected chi connectivity index (χ3v) is 4.46. The first-order valence-electron chi connectivity index (χ1n) is 7.91. The van der Waals surface area contributed by atoms with Crippen molar-refractivity contribution in [3.05, 3.63) is 0 Å². The van der Waals surface area contributed by atoms with E-state index in [1.54, 1.807) is 0 Å². The van der Waals surface area contributed by atoms with Crippen LogP contribution < -0.4 is 5.32 Å². The molecule has 0 spiro atoms. The fourth-order valence-electron chi connectivity index (χ4n) is 3.12. The van der Waals surface area contributed by atoms with Crippen molar-refractivity contribution in [2.24, 2.45) is 5.92 Å². The van der Waals surface area contributed by atoms with E-state index in [1.165, 1.54) is 0 Å². The van der Waals surface area contributed by atoms with Crippen LogP contribution in [0.25, 0.3) is 0 Å². The number of carbonyl (C=O) groups is 2. The lowest BCUT2D eigenvalue weighted by atomic mass is 9.95. The molecule has 0 saturated carbocycles. The van der Waals surface area contributed by atoms with Crippen molar-refractivity contribution in [2.45, 2.75) is 38.5 Å². The number of likely N-dealkylation sites (tertiary alicyclic amines) is 2. The molecule has 0 aromatic carbocycles. The SMILES string of the molecule is CNCCC(=O)N1CCC(CN2CCCCC2=O)CC1. The lowest BCUT2D eigenvalue weighted by Crippen LogP contribution is -2.44. The lowest BCUT2D eigenvalue weighted by molar-refractivity contribution is -0.136. The van der Waals surface area contributed by atoms with Gasteiger partial charge in [-0.1, -0.05) is 0 Å². The Balaban J connectivity index is 1.71. The summed E-state index contributed by atoms with van der Waals surface area (Å²) in [6, 6.07) is 0. The Morgan fingerprint density at radius 3 is 2.65 bits per heavy atom. The minimum Gasteiger partial charge on any atom is -0.343 e. The molecule has 2 heterocycles. The molecule has 0 aromatic rings. The number of nitrogens with one attached hydrogen (secondary N) is 1. The van der Waals surface area contributed by atoms with Crippen LogP contribution in [0, 0.1) is 5.92 Å². The number of hydrogen-bond donors (Lipinski definition) is 1. The summed E-state index contributed by atoms with van der Waals surface area (Å²) < 4.78 is 0. The van der Waals surface area contributed by atoms with Gasteiger partial charge in [-0.25, -0.2) is 0 Å².